The van der Waals surface area contributed by atoms with Gasteiger partial charge in [0.25, 0.3) is 0 Å². The molecule has 1 aromatic carbocycles. The maximum absolute atomic E-state index is 13.7. The van der Waals surface area contributed by atoms with E-state index in [-0.39, 0.29) is 11.7 Å². The Bertz CT molecular complexity index is 956. The molecule has 0 amide bonds. The first-order chi connectivity index (χ1) is 17.1. The summed E-state index contributed by atoms with van der Waals surface area (Å²) in [4.78, 5) is 20.5. The molecule has 190 valence electrons. The van der Waals surface area contributed by atoms with Crippen LogP contribution in [0.25, 0.3) is 0 Å². The summed E-state index contributed by atoms with van der Waals surface area (Å²) in [6, 6.07) is 10.1. The first-order valence-corrected chi connectivity index (χ1v) is 14.1. The van der Waals surface area contributed by atoms with Gasteiger partial charge in [-0.3, -0.25) is 4.79 Å². The number of anilines is 2. The maximum atomic E-state index is 13.7. The molecule has 2 heterocycles. The monoisotopic (exact) mass is 476 g/mol. The lowest BCUT2D eigenvalue weighted by Crippen LogP contribution is -2.32. The minimum atomic E-state index is 0.0419. The lowest BCUT2D eigenvalue weighted by atomic mass is 9.68. The number of nitrogens with zero attached hydrogens (tertiary/aromatic N) is 2. The Kier molecular flexibility index (Phi) is 8.86. The summed E-state index contributed by atoms with van der Waals surface area (Å²) in [5, 5.41) is 0. The van der Waals surface area contributed by atoms with Crippen LogP contribution in [0.5, 0.6) is 5.75 Å². The largest absolute Gasteiger partial charge is 0.489 e. The molecule has 4 nitrogen and oxygen atoms in total. The maximum Gasteiger partial charge on any atom is 0.169 e. The molecule has 1 unspecified atom stereocenters. The highest BCUT2D eigenvalue weighted by atomic mass is 16.5. The second-order valence-electron chi connectivity index (χ2n) is 10.6. The van der Waals surface area contributed by atoms with E-state index in [0.29, 0.717) is 12.5 Å². The number of hydrogen-bond acceptors (Lipinski definition) is 4. The fourth-order valence-corrected chi connectivity index (χ4v) is 6.48. The summed E-state index contributed by atoms with van der Waals surface area (Å²) in [5.41, 5.74) is 2.84. The van der Waals surface area contributed by atoms with Gasteiger partial charge >= 0.3 is 0 Å². The van der Waals surface area contributed by atoms with Crippen LogP contribution in [-0.4, -0.2) is 23.9 Å². The molecular formula is C31H44N2O2. The molecule has 4 heteroatoms. The predicted molar refractivity (Wildman–Crippen MR) is 145 cm³/mol. The minimum Gasteiger partial charge on any atom is -0.489 e. The number of benzene rings is 1. The van der Waals surface area contributed by atoms with Crippen molar-refractivity contribution in [1.29, 1.82) is 0 Å². The smallest absolute Gasteiger partial charge is 0.169 e. The molecule has 1 atom stereocenters. The molecule has 0 N–H and O–H groups in total. The summed E-state index contributed by atoms with van der Waals surface area (Å²) in [6.45, 7) is 9.50. The first-order valence-electron chi connectivity index (χ1n) is 14.1. The van der Waals surface area contributed by atoms with Gasteiger partial charge in [0.1, 0.15) is 12.4 Å². The van der Waals surface area contributed by atoms with E-state index < -0.39 is 0 Å². The van der Waals surface area contributed by atoms with E-state index in [4.69, 9.17) is 4.74 Å². The molecule has 2 aliphatic carbocycles. The lowest BCUT2D eigenvalue weighted by Gasteiger charge is -2.37. The van der Waals surface area contributed by atoms with Gasteiger partial charge in [-0.2, -0.15) is 0 Å². The van der Waals surface area contributed by atoms with Gasteiger partial charge in [-0.25, -0.2) is 4.98 Å². The van der Waals surface area contributed by atoms with E-state index in [1.54, 1.807) is 0 Å². The van der Waals surface area contributed by atoms with Gasteiger partial charge in [-0.15, -0.1) is 0 Å². The molecule has 0 bridgehead atoms. The van der Waals surface area contributed by atoms with Gasteiger partial charge in [0.2, 0.25) is 0 Å². The topological polar surface area (TPSA) is 42.4 Å². The summed E-state index contributed by atoms with van der Waals surface area (Å²) >= 11 is 0. The minimum absolute atomic E-state index is 0.0419. The second-order valence-corrected chi connectivity index (χ2v) is 10.6. The average molecular weight is 477 g/mol. The standard InChI is InChI=1S/C29H38N2O2.C2H6/c1-20-11-16-27(30-19-20)31-17-18-33-29-25(9-6-10-26(29)31)28(32)21(2)22-12-14-24(15-13-22)23-7-4-3-5-8-23;1-2/h6,9-11,16,19,21-24H,3-5,7-8,12-15,17-18H2,1-2H3;1-2H3. The number of carbonyl (C=O) groups excluding carboxylic acids is 1. The van der Waals surface area contributed by atoms with E-state index in [1.807, 2.05) is 51.2 Å². The quantitative estimate of drug-likeness (QED) is 0.408. The third-order valence-electron chi connectivity index (χ3n) is 8.54. The van der Waals surface area contributed by atoms with Gasteiger partial charge in [0.05, 0.1) is 17.8 Å². The number of Topliss-reactive ketones (excluding diaryl/α,β-unsaturated/α-hetero) is 1. The number of hydrogen-bond donors (Lipinski definition) is 0. The zero-order valence-electron chi connectivity index (χ0n) is 22.3. The van der Waals surface area contributed by atoms with Crippen LogP contribution in [0.4, 0.5) is 11.5 Å². The van der Waals surface area contributed by atoms with Crippen molar-refractivity contribution in [1.82, 2.24) is 4.98 Å². The van der Waals surface area contributed by atoms with Crippen LogP contribution in [0.3, 0.4) is 0 Å². The summed E-state index contributed by atoms with van der Waals surface area (Å²) in [6.07, 6.45) is 14.1. The highest BCUT2D eigenvalue weighted by Crippen LogP contribution is 2.44. The average Bonchev–Trinajstić information content (AvgIpc) is 2.94. The second kappa shape index (κ2) is 12.1. The van der Waals surface area contributed by atoms with Gasteiger partial charge in [-0.1, -0.05) is 65.0 Å². The number of fused-ring (bicyclic) bond motifs is 1. The van der Waals surface area contributed by atoms with Crippen molar-refractivity contribution in [2.75, 3.05) is 18.1 Å². The Balaban J connectivity index is 0.00000141. The number of ketones is 1. The van der Waals surface area contributed by atoms with E-state index in [2.05, 4.69) is 22.9 Å². The molecule has 2 saturated carbocycles. The van der Waals surface area contributed by atoms with Crippen molar-refractivity contribution >= 4 is 17.3 Å². The molecular weight excluding hydrogens is 432 g/mol. The highest BCUT2D eigenvalue weighted by Gasteiger charge is 2.35. The molecule has 0 saturated heterocycles. The Labute approximate surface area is 212 Å². The van der Waals surface area contributed by atoms with Crippen LogP contribution < -0.4 is 9.64 Å². The normalized spacial score (nSPS) is 23.4. The van der Waals surface area contributed by atoms with Crippen molar-refractivity contribution < 1.29 is 9.53 Å². The van der Waals surface area contributed by atoms with Gasteiger partial charge < -0.3 is 9.64 Å². The van der Waals surface area contributed by atoms with E-state index in [9.17, 15) is 4.79 Å². The van der Waals surface area contributed by atoms with Gasteiger partial charge in [0.15, 0.2) is 11.5 Å². The predicted octanol–water partition coefficient (Wildman–Crippen LogP) is 8.15. The van der Waals surface area contributed by atoms with Crippen molar-refractivity contribution in [3.63, 3.8) is 0 Å². The van der Waals surface area contributed by atoms with Crippen molar-refractivity contribution in [3.8, 4) is 5.75 Å². The number of rotatable bonds is 5. The van der Waals surface area contributed by atoms with Crippen LogP contribution in [0.1, 0.15) is 94.5 Å². The fraction of sp³-hybridized carbons (Fsp3) is 0.613. The zero-order valence-corrected chi connectivity index (χ0v) is 22.3. The third kappa shape index (κ3) is 5.73. The highest BCUT2D eigenvalue weighted by molar-refractivity contribution is 6.02. The van der Waals surface area contributed by atoms with Crippen molar-refractivity contribution in [2.24, 2.45) is 23.7 Å². The number of aromatic nitrogens is 1. The molecule has 2 fully saturated rings. The summed E-state index contributed by atoms with van der Waals surface area (Å²) in [5.74, 6) is 4.26. The molecule has 2 aromatic rings. The lowest BCUT2D eigenvalue weighted by molar-refractivity contribution is 0.0816. The van der Waals surface area contributed by atoms with Gasteiger partial charge in [-0.05, 0) is 74.1 Å². The number of pyridine rings is 1. The Morgan fingerprint density at radius 1 is 0.971 bits per heavy atom. The SMILES string of the molecule is CC.Cc1ccc(N2CCOc3c(C(=O)C(C)C4CCC(C5CCCCC5)CC4)cccc32)nc1. The Morgan fingerprint density at radius 2 is 1.69 bits per heavy atom. The van der Waals surface area contributed by atoms with Crippen molar-refractivity contribution in [3.05, 3.63) is 47.7 Å². The third-order valence-corrected chi connectivity index (χ3v) is 8.54. The Hall–Kier alpha value is -2.36. The molecule has 0 radical (unpaired) electrons. The fourth-order valence-electron chi connectivity index (χ4n) is 6.48. The van der Waals surface area contributed by atoms with Crippen LogP contribution in [-0.2, 0) is 0 Å². The molecule has 0 spiro atoms. The zero-order chi connectivity index (χ0) is 24.8. The summed E-state index contributed by atoms with van der Waals surface area (Å²) in [7, 11) is 0. The first kappa shape index (κ1) is 25.7. The molecule has 5 rings (SSSR count). The molecule has 1 aliphatic heterocycles. The number of carbonyl (C=O) groups is 1. The molecule has 35 heavy (non-hydrogen) atoms. The van der Waals surface area contributed by atoms with Gasteiger partial charge in [0, 0.05) is 12.1 Å². The van der Waals surface area contributed by atoms with Crippen LogP contribution >= 0.6 is 0 Å². The summed E-state index contributed by atoms with van der Waals surface area (Å²) < 4.78 is 6.09. The van der Waals surface area contributed by atoms with E-state index >= 15 is 0 Å². The van der Waals surface area contributed by atoms with Crippen molar-refractivity contribution in [2.45, 2.75) is 85.5 Å². The van der Waals surface area contributed by atoms with E-state index in [0.717, 1.165) is 46.8 Å². The number of ether oxygens (including phenoxy) is 1. The Morgan fingerprint density at radius 3 is 2.37 bits per heavy atom. The molecule has 3 aliphatic rings. The number of aryl methyl sites for hydroxylation is 1. The number of para-hydroxylation sites is 1. The van der Waals surface area contributed by atoms with Crippen LogP contribution in [0.2, 0.25) is 0 Å². The van der Waals surface area contributed by atoms with E-state index in [1.165, 1.54) is 57.8 Å². The van der Waals surface area contributed by atoms with Crippen LogP contribution in [0.15, 0.2) is 36.5 Å². The van der Waals surface area contributed by atoms with Crippen LogP contribution in [0, 0.1) is 30.6 Å². The molecule has 1 aromatic heterocycles.